The molecule has 0 radical (unpaired) electrons. The van der Waals surface area contributed by atoms with Crippen LogP contribution in [0.15, 0.2) is 35.2 Å². The first-order valence-electron chi connectivity index (χ1n) is 7.40. The number of hydrogen-bond donors (Lipinski definition) is 2. The summed E-state index contributed by atoms with van der Waals surface area (Å²) in [6.07, 6.45) is 0.758. The van der Waals surface area contributed by atoms with Crippen LogP contribution in [0.3, 0.4) is 0 Å². The van der Waals surface area contributed by atoms with Gasteiger partial charge in [0.15, 0.2) is 0 Å². The predicted molar refractivity (Wildman–Crippen MR) is 83.2 cm³/mol. The van der Waals surface area contributed by atoms with Crippen molar-refractivity contribution >= 4 is 21.9 Å². The zero-order valence-corrected chi connectivity index (χ0v) is 13.6. The number of carbonyl (C=O) groups excluding carboxylic acids is 1. The molecule has 1 aliphatic heterocycles. The summed E-state index contributed by atoms with van der Waals surface area (Å²) in [5, 5.41) is 11.2. The molecule has 23 heavy (non-hydrogen) atoms. The quantitative estimate of drug-likeness (QED) is 0.820. The summed E-state index contributed by atoms with van der Waals surface area (Å²) in [7, 11) is -3.54. The number of carboxylic acid groups (broad SMARTS) is 1. The molecule has 0 unspecified atom stereocenters. The van der Waals surface area contributed by atoms with Crippen LogP contribution in [-0.2, 0) is 19.6 Å². The van der Waals surface area contributed by atoms with Gasteiger partial charge in [0.25, 0.3) is 0 Å². The molecule has 1 heterocycles. The van der Waals surface area contributed by atoms with Crippen molar-refractivity contribution in [2.75, 3.05) is 13.1 Å². The van der Waals surface area contributed by atoms with Gasteiger partial charge < -0.3 is 10.4 Å². The lowest BCUT2D eigenvalue weighted by Gasteiger charge is -2.30. The second-order valence-corrected chi connectivity index (χ2v) is 7.50. The lowest BCUT2D eigenvalue weighted by molar-refractivity contribution is -0.142. The van der Waals surface area contributed by atoms with Crippen LogP contribution in [0.2, 0.25) is 0 Å². The van der Waals surface area contributed by atoms with Crippen molar-refractivity contribution in [2.24, 2.45) is 5.92 Å². The largest absolute Gasteiger partial charge is 0.480 e. The number of carbonyl (C=O) groups is 2. The van der Waals surface area contributed by atoms with Gasteiger partial charge in [-0.2, -0.15) is 4.31 Å². The fourth-order valence-electron chi connectivity index (χ4n) is 2.49. The molecule has 0 spiro atoms. The summed E-state index contributed by atoms with van der Waals surface area (Å²) >= 11 is 0. The van der Waals surface area contributed by atoms with E-state index in [0.717, 1.165) is 0 Å². The molecule has 1 atom stereocenters. The average molecular weight is 340 g/mol. The average Bonchev–Trinajstić information content (AvgIpc) is 2.55. The first kappa shape index (κ1) is 17.4. The van der Waals surface area contributed by atoms with Crippen LogP contribution in [0.5, 0.6) is 0 Å². The molecule has 0 aromatic heterocycles. The Labute approximate surface area is 135 Å². The highest BCUT2D eigenvalue weighted by molar-refractivity contribution is 7.89. The highest BCUT2D eigenvalue weighted by Crippen LogP contribution is 2.23. The number of hydrogen-bond acceptors (Lipinski definition) is 4. The Morgan fingerprint density at radius 3 is 2.30 bits per heavy atom. The summed E-state index contributed by atoms with van der Waals surface area (Å²) < 4.78 is 26.3. The van der Waals surface area contributed by atoms with Crippen LogP contribution in [0.25, 0.3) is 0 Å². The third kappa shape index (κ3) is 4.08. The van der Waals surface area contributed by atoms with Crippen LogP contribution < -0.4 is 5.32 Å². The summed E-state index contributed by atoms with van der Waals surface area (Å²) in [5.41, 5.74) is 0. The first-order chi connectivity index (χ1) is 10.8. The molecular weight excluding hydrogens is 320 g/mol. The van der Waals surface area contributed by atoms with Gasteiger partial charge in [0, 0.05) is 19.0 Å². The second-order valence-electron chi connectivity index (χ2n) is 5.56. The van der Waals surface area contributed by atoms with E-state index < -0.39 is 22.0 Å². The summed E-state index contributed by atoms with van der Waals surface area (Å²) in [6, 6.07) is 7.22. The van der Waals surface area contributed by atoms with Gasteiger partial charge >= 0.3 is 5.97 Å². The van der Waals surface area contributed by atoms with E-state index in [0.29, 0.717) is 12.8 Å². The van der Waals surface area contributed by atoms with Crippen molar-refractivity contribution in [3.8, 4) is 0 Å². The van der Waals surface area contributed by atoms with Gasteiger partial charge in [-0.3, -0.25) is 9.59 Å². The molecule has 8 heteroatoms. The van der Waals surface area contributed by atoms with E-state index in [-0.39, 0.29) is 29.8 Å². The minimum Gasteiger partial charge on any atom is -0.480 e. The summed E-state index contributed by atoms with van der Waals surface area (Å²) in [5.74, 6) is -1.79. The Kier molecular flexibility index (Phi) is 5.38. The number of piperidine rings is 1. The van der Waals surface area contributed by atoms with Crippen molar-refractivity contribution in [2.45, 2.75) is 30.7 Å². The molecule has 1 amide bonds. The lowest BCUT2D eigenvalue weighted by Crippen LogP contribution is -2.46. The molecule has 1 saturated heterocycles. The van der Waals surface area contributed by atoms with E-state index in [4.69, 9.17) is 5.11 Å². The van der Waals surface area contributed by atoms with E-state index in [1.54, 1.807) is 30.3 Å². The number of sulfonamides is 1. The second kappa shape index (κ2) is 7.10. The van der Waals surface area contributed by atoms with Crippen LogP contribution in [0.4, 0.5) is 0 Å². The van der Waals surface area contributed by atoms with E-state index in [2.05, 4.69) is 5.32 Å². The van der Waals surface area contributed by atoms with Crippen molar-refractivity contribution in [1.82, 2.24) is 9.62 Å². The van der Waals surface area contributed by atoms with Crippen LogP contribution >= 0.6 is 0 Å². The molecule has 0 saturated carbocycles. The number of amides is 1. The third-order valence-electron chi connectivity index (χ3n) is 3.93. The van der Waals surface area contributed by atoms with Crippen LogP contribution in [0.1, 0.15) is 19.8 Å². The fraction of sp³-hybridized carbons (Fsp3) is 0.467. The number of aliphatic carboxylic acids is 1. The number of rotatable bonds is 5. The highest BCUT2D eigenvalue weighted by Gasteiger charge is 2.32. The number of carboxylic acids is 1. The maximum atomic E-state index is 12.5. The topological polar surface area (TPSA) is 104 Å². The number of nitrogens with zero attached hydrogens (tertiary/aromatic N) is 1. The molecule has 1 aromatic carbocycles. The zero-order valence-electron chi connectivity index (χ0n) is 12.8. The van der Waals surface area contributed by atoms with Crippen LogP contribution in [0, 0.1) is 5.92 Å². The Morgan fingerprint density at radius 2 is 1.78 bits per heavy atom. The normalized spacial score (nSPS) is 18.3. The molecule has 126 valence electrons. The Morgan fingerprint density at radius 1 is 1.22 bits per heavy atom. The predicted octanol–water partition coefficient (Wildman–Crippen LogP) is 0.677. The van der Waals surface area contributed by atoms with Gasteiger partial charge in [0.2, 0.25) is 15.9 Å². The van der Waals surface area contributed by atoms with Gasteiger partial charge in [0.1, 0.15) is 6.04 Å². The monoisotopic (exact) mass is 340 g/mol. The summed E-state index contributed by atoms with van der Waals surface area (Å²) in [4.78, 5) is 23.0. The fourth-order valence-corrected chi connectivity index (χ4v) is 3.98. The molecule has 2 N–H and O–H groups in total. The molecule has 2 rings (SSSR count). The van der Waals surface area contributed by atoms with E-state index in [9.17, 15) is 18.0 Å². The molecular formula is C15H20N2O5S. The van der Waals surface area contributed by atoms with E-state index in [1.807, 2.05) is 0 Å². The lowest BCUT2D eigenvalue weighted by atomic mass is 9.97. The maximum Gasteiger partial charge on any atom is 0.325 e. The van der Waals surface area contributed by atoms with E-state index >= 15 is 0 Å². The minimum absolute atomic E-state index is 0.238. The number of benzene rings is 1. The van der Waals surface area contributed by atoms with Crippen molar-refractivity contribution in [1.29, 1.82) is 0 Å². The molecule has 0 bridgehead atoms. The molecule has 0 aliphatic carbocycles. The zero-order chi connectivity index (χ0) is 17.0. The molecule has 7 nitrogen and oxygen atoms in total. The maximum absolute atomic E-state index is 12.5. The minimum atomic E-state index is -3.54. The Bertz CT molecular complexity index is 666. The van der Waals surface area contributed by atoms with Crippen molar-refractivity contribution in [3.63, 3.8) is 0 Å². The van der Waals surface area contributed by atoms with E-state index in [1.165, 1.54) is 11.2 Å². The highest BCUT2D eigenvalue weighted by atomic mass is 32.2. The molecule has 1 fully saturated rings. The van der Waals surface area contributed by atoms with Crippen LogP contribution in [-0.4, -0.2) is 48.8 Å². The van der Waals surface area contributed by atoms with Gasteiger partial charge in [-0.05, 0) is 31.9 Å². The summed E-state index contributed by atoms with van der Waals surface area (Å²) in [6.45, 7) is 1.89. The van der Waals surface area contributed by atoms with Gasteiger partial charge in [0.05, 0.1) is 4.90 Å². The SMILES string of the molecule is C[C@@H](NC(=O)C1CCN(S(=O)(=O)c2ccccc2)CC1)C(=O)O. The first-order valence-corrected chi connectivity index (χ1v) is 8.84. The standard InChI is InChI=1S/C15H20N2O5S/c1-11(15(19)20)16-14(18)12-7-9-17(10-8-12)23(21,22)13-5-3-2-4-6-13/h2-6,11-12H,7-10H2,1H3,(H,16,18)(H,19,20)/t11-/m1/s1. The molecule has 1 aromatic rings. The number of nitrogens with one attached hydrogen (secondary N) is 1. The van der Waals surface area contributed by atoms with Gasteiger partial charge in [-0.15, -0.1) is 0 Å². The molecule has 1 aliphatic rings. The Hall–Kier alpha value is -1.93. The van der Waals surface area contributed by atoms with Crippen molar-refractivity contribution < 1.29 is 23.1 Å². The van der Waals surface area contributed by atoms with Gasteiger partial charge in [-0.25, -0.2) is 8.42 Å². The smallest absolute Gasteiger partial charge is 0.325 e. The third-order valence-corrected chi connectivity index (χ3v) is 5.85. The van der Waals surface area contributed by atoms with Gasteiger partial charge in [-0.1, -0.05) is 18.2 Å². The van der Waals surface area contributed by atoms with Crippen molar-refractivity contribution in [3.05, 3.63) is 30.3 Å². The Balaban J connectivity index is 1.96.